The van der Waals surface area contributed by atoms with Gasteiger partial charge >= 0.3 is 5.97 Å². The first-order chi connectivity index (χ1) is 7.46. The van der Waals surface area contributed by atoms with E-state index in [1.165, 1.54) is 6.20 Å². The Morgan fingerprint density at radius 1 is 1.56 bits per heavy atom. The van der Waals surface area contributed by atoms with Crippen molar-refractivity contribution in [1.29, 1.82) is 0 Å². The van der Waals surface area contributed by atoms with Crippen molar-refractivity contribution in [3.05, 3.63) is 17.5 Å². The van der Waals surface area contributed by atoms with E-state index in [0.717, 1.165) is 5.69 Å². The minimum absolute atomic E-state index is 0.370. The van der Waals surface area contributed by atoms with Crippen molar-refractivity contribution in [2.45, 2.75) is 25.3 Å². The van der Waals surface area contributed by atoms with Gasteiger partial charge in [-0.15, -0.1) is 0 Å². The molecule has 0 bridgehead atoms. The number of carboxylic acids is 1. The second-order valence-electron chi connectivity index (χ2n) is 4.11. The van der Waals surface area contributed by atoms with Gasteiger partial charge in [0.2, 0.25) is 0 Å². The molecule has 0 unspecified atom stereocenters. The Morgan fingerprint density at radius 3 is 2.56 bits per heavy atom. The van der Waals surface area contributed by atoms with Crippen molar-refractivity contribution >= 4 is 11.9 Å². The van der Waals surface area contributed by atoms with Crippen LogP contribution >= 0.6 is 0 Å². The summed E-state index contributed by atoms with van der Waals surface area (Å²) in [6, 6.07) is 0. The third kappa shape index (κ3) is 1.56. The van der Waals surface area contributed by atoms with Crippen LogP contribution in [0.1, 0.15) is 28.9 Å². The molecule has 6 nitrogen and oxygen atoms in total. The summed E-state index contributed by atoms with van der Waals surface area (Å²) in [5.74, 6) is -1.34. The minimum Gasteiger partial charge on any atom is -0.480 e. The lowest BCUT2D eigenvalue weighted by atomic mass is 10.2. The van der Waals surface area contributed by atoms with Gasteiger partial charge in [-0.2, -0.15) is 5.10 Å². The second kappa shape index (κ2) is 3.33. The van der Waals surface area contributed by atoms with E-state index in [9.17, 15) is 9.59 Å². The van der Waals surface area contributed by atoms with E-state index in [4.69, 9.17) is 5.11 Å². The van der Waals surface area contributed by atoms with Gasteiger partial charge in [0, 0.05) is 12.7 Å². The molecule has 86 valence electrons. The first-order valence-corrected chi connectivity index (χ1v) is 5.01. The molecule has 1 aliphatic rings. The molecule has 0 aromatic carbocycles. The van der Waals surface area contributed by atoms with E-state index in [0.29, 0.717) is 18.4 Å². The summed E-state index contributed by atoms with van der Waals surface area (Å²) in [4.78, 5) is 22.7. The number of hydrogen-bond acceptors (Lipinski definition) is 3. The predicted octanol–water partition coefficient (Wildman–Crippen LogP) is 0.0755. The lowest BCUT2D eigenvalue weighted by Crippen LogP contribution is -2.43. The normalized spacial score (nSPS) is 16.9. The Labute approximate surface area is 92.3 Å². The summed E-state index contributed by atoms with van der Waals surface area (Å²) in [7, 11) is 1.73. The number of carbonyl (C=O) groups excluding carboxylic acids is 1. The van der Waals surface area contributed by atoms with E-state index in [1.807, 2.05) is 0 Å². The van der Waals surface area contributed by atoms with Crippen LogP contribution in [0, 0.1) is 6.92 Å². The Kier molecular flexibility index (Phi) is 2.22. The number of aryl methyl sites for hydroxylation is 1. The summed E-state index contributed by atoms with van der Waals surface area (Å²) in [6.45, 7) is 1.77. The molecule has 1 heterocycles. The number of rotatable bonds is 3. The molecule has 16 heavy (non-hydrogen) atoms. The van der Waals surface area contributed by atoms with Gasteiger partial charge in [-0.25, -0.2) is 4.79 Å². The first kappa shape index (κ1) is 10.7. The van der Waals surface area contributed by atoms with Crippen LogP contribution in [0.15, 0.2) is 6.20 Å². The number of carbonyl (C=O) groups is 2. The average molecular weight is 223 g/mol. The van der Waals surface area contributed by atoms with Crippen molar-refractivity contribution in [3.63, 3.8) is 0 Å². The highest BCUT2D eigenvalue weighted by Crippen LogP contribution is 2.35. The van der Waals surface area contributed by atoms with Crippen molar-refractivity contribution in [2.75, 3.05) is 0 Å². The molecular weight excluding hydrogens is 210 g/mol. The van der Waals surface area contributed by atoms with E-state index >= 15 is 0 Å². The molecule has 0 atom stereocenters. The monoisotopic (exact) mass is 223 g/mol. The van der Waals surface area contributed by atoms with Crippen molar-refractivity contribution in [2.24, 2.45) is 7.05 Å². The van der Waals surface area contributed by atoms with Crippen LogP contribution in [-0.4, -0.2) is 32.3 Å². The first-order valence-electron chi connectivity index (χ1n) is 5.01. The molecule has 0 saturated heterocycles. The summed E-state index contributed by atoms with van der Waals surface area (Å²) >= 11 is 0. The minimum atomic E-state index is -1.04. The number of aromatic nitrogens is 2. The van der Waals surface area contributed by atoms with Crippen molar-refractivity contribution in [3.8, 4) is 0 Å². The van der Waals surface area contributed by atoms with Gasteiger partial charge in [0.25, 0.3) is 5.91 Å². The number of hydrogen-bond donors (Lipinski definition) is 2. The number of amides is 1. The average Bonchev–Trinajstić information content (AvgIpc) is 2.91. The third-order valence-electron chi connectivity index (χ3n) is 2.99. The zero-order valence-electron chi connectivity index (χ0n) is 9.15. The van der Waals surface area contributed by atoms with Crippen LogP contribution in [0.25, 0.3) is 0 Å². The number of nitrogens with zero attached hydrogens (tertiary/aromatic N) is 2. The third-order valence-corrected chi connectivity index (χ3v) is 2.99. The van der Waals surface area contributed by atoms with E-state index < -0.39 is 11.5 Å². The predicted molar refractivity (Wildman–Crippen MR) is 55.0 cm³/mol. The highest BCUT2D eigenvalue weighted by molar-refractivity contribution is 5.99. The molecule has 1 amide bonds. The van der Waals surface area contributed by atoms with Gasteiger partial charge in [0.1, 0.15) is 5.54 Å². The number of nitrogens with one attached hydrogen (secondary N) is 1. The lowest BCUT2D eigenvalue weighted by molar-refractivity contribution is -0.140. The van der Waals surface area contributed by atoms with Crippen LogP contribution in [0.3, 0.4) is 0 Å². The maximum absolute atomic E-state index is 11.8. The van der Waals surface area contributed by atoms with Crippen LogP contribution in [0.5, 0.6) is 0 Å². The molecule has 1 saturated carbocycles. The summed E-state index contributed by atoms with van der Waals surface area (Å²) in [6.07, 6.45) is 2.43. The SMILES string of the molecule is Cc1c(C(=O)NC2(C(=O)O)CC2)cnn1C. The van der Waals surface area contributed by atoms with Gasteiger partial charge < -0.3 is 10.4 Å². The highest BCUT2D eigenvalue weighted by Gasteiger charge is 2.51. The van der Waals surface area contributed by atoms with Crippen LogP contribution in [0.4, 0.5) is 0 Å². The van der Waals surface area contributed by atoms with E-state index in [-0.39, 0.29) is 5.91 Å². The Hall–Kier alpha value is -1.85. The quantitative estimate of drug-likeness (QED) is 0.759. The van der Waals surface area contributed by atoms with Crippen LogP contribution < -0.4 is 5.32 Å². The number of carboxylic acid groups (broad SMARTS) is 1. The molecule has 0 aliphatic heterocycles. The van der Waals surface area contributed by atoms with E-state index in [1.54, 1.807) is 18.7 Å². The molecule has 1 aromatic heterocycles. The summed E-state index contributed by atoms with van der Waals surface area (Å²) in [5, 5.41) is 15.4. The second-order valence-corrected chi connectivity index (χ2v) is 4.11. The molecular formula is C10H13N3O3. The van der Waals surface area contributed by atoms with Crippen molar-refractivity contribution < 1.29 is 14.7 Å². The fourth-order valence-corrected chi connectivity index (χ4v) is 1.52. The summed E-state index contributed by atoms with van der Waals surface area (Å²) < 4.78 is 1.58. The lowest BCUT2D eigenvalue weighted by Gasteiger charge is -2.11. The van der Waals surface area contributed by atoms with Gasteiger partial charge in [0.05, 0.1) is 11.8 Å². The zero-order valence-corrected chi connectivity index (χ0v) is 9.15. The molecule has 0 spiro atoms. The molecule has 2 rings (SSSR count). The maximum atomic E-state index is 11.8. The van der Waals surface area contributed by atoms with Crippen LogP contribution in [-0.2, 0) is 11.8 Å². The molecule has 1 fully saturated rings. The molecule has 2 N–H and O–H groups in total. The standard InChI is InChI=1S/C10H13N3O3/c1-6-7(5-11-13(6)2)8(14)12-10(3-4-10)9(15)16/h5H,3-4H2,1-2H3,(H,12,14)(H,15,16). The smallest absolute Gasteiger partial charge is 0.329 e. The van der Waals surface area contributed by atoms with Crippen molar-refractivity contribution in [1.82, 2.24) is 15.1 Å². The Bertz CT molecular complexity index is 460. The van der Waals surface area contributed by atoms with Gasteiger partial charge in [-0.1, -0.05) is 0 Å². The topological polar surface area (TPSA) is 84.2 Å². The fourth-order valence-electron chi connectivity index (χ4n) is 1.52. The number of aliphatic carboxylic acids is 1. The summed E-state index contributed by atoms with van der Waals surface area (Å²) in [5.41, 5.74) is 0.105. The Morgan fingerprint density at radius 2 is 2.19 bits per heavy atom. The van der Waals surface area contributed by atoms with Gasteiger partial charge in [0.15, 0.2) is 0 Å². The van der Waals surface area contributed by atoms with Crippen LogP contribution in [0.2, 0.25) is 0 Å². The molecule has 0 radical (unpaired) electrons. The largest absolute Gasteiger partial charge is 0.480 e. The van der Waals surface area contributed by atoms with E-state index in [2.05, 4.69) is 10.4 Å². The zero-order chi connectivity index (χ0) is 11.9. The molecule has 1 aliphatic carbocycles. The highest BCUT2D eigenvalue weighted by atomic mass is 16.4. The van der Waals surface area contributed by atoms with Gasteiger partial charge in [-0.3, -0.25) is 9.48 Å². The maximum Gasteiger partial charge on any atom is 0.329 e. The molecule has 6 heteroatoms. The fraction of sp³-hybridized carbons (Fsp3) is 0.500. The van der Waals surface area contributed by atoms with Gasteiger partial charge in [-0.05, 0) is 19.8 Å². The molecule has 1 aromatic rings. The Balaban J connectivity index is 2.15.